The summed E-state index contributed by atoms with van der Waals surface area (Å²) >= 11 is 5.89. The number of ether oxygens (including phenoxy) is 1. The van der Waals surface area contributed by atoms with Gasteiger partial charge in [0.15, 0.2) is 11.5 Å². The third-order valence-corrected chi connectivity index (χ3v) is 3.81. The molecule has 0 bridgehead atoms. The van der Waals surface area contributed by atoms with Gasteiger partial charge in [0, 0.05) is 17.0 Å². The third kappa shape index (κ3) is 2.67. The van der Waals surface area contributed by atoms with Crippen molar-refractivity contribution in [2.45, 2.75) is 12.5 Å². The van der Waals surface area contributed by atoms with Crippen LogP contribution in [0.2, 0.25) is 5.02 Å². The fourth-order valence-corrected chi connectivity index (χ4v) is 2.56. The first-order valence-corrected chi connectivity index (χ1v) is 7.00. The van der Waals surface area contributed by atoms with Gasteiger partial charge < -0.3 is 15.3 Å². The Morgan fingerprint density at radius 3 is 2.71 bits per heavy atom. The van der Waals surface area contributed by atoms with Crippen molar-refractivity contribution in [1.29, 1.82) is 0 Å². The Hall–Kier alpha value is -2.20. The molecule has 0 aromatic heterocycles. The molecule has 0 saturated carbocycles. The number of para-hydroxylation sites is 1. The molecule has 4 nitrogen and oxygen atoms in total. The molecule has 0 unspecified atom stereocenters. The van der Waals surface area contributed by atoms with Crippen molar-refractivity contribution in [2.24, 2.45) is 5.10 Å². The number of rotatable bonds is 3. The highest BCUT2D eigenvalue weighted by Crippen LogP contribution is 2.36. The van der Waals surface area contributed by atoms with Gasteiger partial charge in [0.1, 0.15) is 0 Å². The van der Waals surface area contributed by atoms with Gasteiger partial charge in [-0.1, -0.05) is 35.9 Å². The molecule has 0 fully saturated rings. The number of hydrogen-bond donors (Lipinski definition) is 2. The van der Waals surface area contributed by atoms with Crippen LogP contribution in [-0.2, 0) is 0 Å². The summed E-state index contributed by atoms with van der Waals surface area (Å²) in [5, 5.41) is 15.3. The maximum atomic E-state index is 10.2. The smallest absolute Gasteiger partial charge is 0.163 e. The quantitative estimate of drug-likeness (QED) is 0.912. The molecule has 0 saturated heterocycles. The molecule has 5 heteroatoms. The number of hydrazone groups is 1. The molecular weight excluding hydrogens is 288 g/mol. The molecule has 2 aromatic carbocycles. The molecule has 0 amide bonds. The van der Waals surface area contributed by atoms with Crippen LogP contribution in [0.3, 0.4) is 0 Å². The lowest BCUT2D eigenvalue weighted by atomic mass is 9.98. The molecular formula is C16H15ClN2O2. The molecule has 1 aliphatic heterocycles. The molecule has 1 heterocycles. The summed E-state index contributed by atoms with van der Waals surface area (Å²) < 4.78 is 5.14. The summed E-state index contributed by atoms with van der Waals surface area (Å²) in [5.74, 6) is 0.624. The molecule has 2 N–H and O–H groups in total. The second kappa shape index (κ2) is 5.66. The van der Waals surface area contributed by atoms with E-state index in [1.165, 1.54) is 7.11 Å². The number of aromatic hydroxyl groups is 1. The molecule has 21 heavy (non-hydrogen) atoms. The number of methoxy groups -OCH3 is 1. The van der Waals surface area contributed by atoms with Crippen molar-refractivity contribution in [1.82, 2.24) is 5.43 Å². The summed E-state index contributed by atoms with van der Waals surface area (Å²) in [7, 11) is 1.54. The first-order valence-electron chi connectivity index (χ1n) is 6.63. The minimum absolute atomic E-state index is 0.0641. The number of nitrogens with zero attached hydrogens (tertiary/aromatic N) is 1. The molecule has 0 spiro atoms. The van der Waals surface area contributed by atoms with Crippen molar-refractivity contribution < 1.29 is 9.84 Å². The van der Waals surface area contributed by atoms with Gasteiger partial charge in [-0.05, 0) is 23.8 Å². The summed E-state index contributed by atoms with van der Waals surface area (Å²) in [6.07, 6.45) is 0.697. The monoisotopic (exact) mass is 302 g/mol. The van der Waals surface area contributed by atoms with Gasteiger partial charge in [-0.15, -0.1) is 0 Å². The van der Waals surface area contributed by atoms with E-state index in [4.69, 9.17) is 16.3 Å². The van der Waals surface area contributed by atoms with Gasteiger partial charge in [0.25, 0.3) is 0 Å². The lowest BCUT2D eigenvalue weighted by molar-refractivity contribution is 0.367. The fourth-order valence-electron chi connectivity index (χ4n) is 2.43. The molecule has 2 aromatic rings. The minimum Gasteiger partial charge on any atom is -0.504 e. The first kappa shape index (κ1) is 13.8. The zero-order chi connectivity index (χ0) is 14.8. The Morgan fingerprint density at radius 1 is 1.24 bits per heavy atom. The van der Waals surface area contributed by atoms with Crippen LogP contribution in [0.1, 0.15) is 23.6 Å². The van der Waals surface area contributed by atoms with Crippen LogP contribution in [0.5, 0.6) is 11.5 Å². The number of halogens is 1. The lowest BCUT2D eigenvalue weighted by Crippen LogP contribution is -2.10. The highest BCUT2D eigenvalue weighted by molar-refractivity contribution is 6.30. The maximum absolute atomic E-state index is 10.2. The topological polar surface area (TPSA) is 53.8 Å². The zero-order valence-corrected chi connectivity index (χ0v) is 12.3. The molecule has 1 aliphatic rings. The minimum atomic E-state index is -0.0641. The van der Waals surface area contributed by atoms with Crippen molar-refractivity contribution in [3.8, 4) is 11.5 Å². The number of phenolic OH excluding ortho intramolecular Hbond substituents is 1. The van der Waals surface area contributed by atoms with E-state index in [-0.39, 0.29) is 11.8 Å². The fraction of sp³-hybridized carbons (Fsp3) is 0.188. The number of benzene rings is 2. The molecule has 3 rings (SSSR count). The van der Waals surface area contributed by atoms with Crippen LogP contribution in [0.4, 0.5) is 0 Å². The van der Waals surface area contributed by atoms with Crippen molar-refractivity contribution >= 4 is 17.3 Å². The largest absolute Gasteiger partial charge is 0.504 e. The van der Waals surface area contributed by atoms with Gasteiger partial charge in [-0.3, -0.25) is 0 Å². The van der Waals surface area contributed by atoms with Crippen LogP contribution in [0, 0.1) is 0 Å². The van der Waals surface area contributed by atoms with Crippen LogP contribution >= 0.6 is 11.6 Å². The first-order chi connectivity index (χ1) is 10.2. The number of nitrogens with one attached hydrogen (secondary N) is 1. The highest BCUT2D eigenvalue weighted by Gasteiger charge is 2.24. The molecule has 0 aliphatic carbocycles. The Morgan fingerprint density at radius 2 is 2.00 bits per heavy atom. The second-order valence-electron chi connectivity index (χ2n) is 4.85. The van der Waals surface area contributed by atoms with Crippen molar-refractivity contribution in [3.63, 3.8) is 0 Å². The van der Waals surface area contributed by atoms with Crippen LogP contribution < -0.4 is 10.2 Å². The van der Waals surface area contributed by atoms with E-state index < -0.39 is 0 Å². The summed E-state index contributed by atoms with van der Waals surface area (Å²) in [6, 6.07) is 13.0. The van der Waals surface area contributed by atoms with Gasteiger partial charge in [-0.25, -0.2) is 0 Å². The number of hydrogen-bond acceptors (Lipinski definition) is 4. The summed E-state index contributed by atoms with van der Waals surface area (Å²) in [5.41, 5.74) is 5.82. The Labute approximate surface area is 128 Å². The number of phenols is 1. The molecule has 108 valence electrons. The van der Waals surface area contributed by atoms with E-state index in [9.17, 15) is 5.11 Å². The molecule has 1 atom stereocenters. The van der Waals surface area contributed by atoms with E-state index in [1.54, 1.807) is 6.07 Å². The normalized spacial score (nSPS) is 17.2. The van der Waals surface area contributed by atoms with Crippen molar-refractivity contribution in [2.75, 3.05) is 7.11 Å². The van der Waals surface area contributed by atoms with E-state index in [2.05, 4.69) is 10.5 Å². The lowest BCUT2D eigenvalue weighted by Gasteiger charge is -2.14. The third-order valence-electron chi connectivity index (χ3n) is 3.56. The SMILES string of the molecule is COc1cccc([C@H]2CC(c3ccc(Cl)cc3)=NN2)c1O. The standard InChI is InChI=1S/C16H15ClN2O2/c1-21-15-4-2-3-12(16(15)20)14-9-13(18-19-14)10-5-7-11(17)8-6-10/h2-8,14,19-20H,9H2,1H3/t14-/m1/s1. The Balaban J connectivity index is 1.82. The van der Waals surface area contributed by atoms with Gasteiger partial charge in [0.2, 0.25) is 0 Å². The van der Waals surface area contributed by atoms with E-state index in [0.29, 0.717) is 17.2 Å². The van der Waals surface area contributed by atoms with Gasteiger partial charge in [0.05, 0.1) is 18.9 Å². The Bertz CT molecular complexity index is 683. The van der Waals surface area contributed by atoms with Crippen LogP contribution in [0.25, 0.3) is 0 Å². The average molecular weight is 303 g/mol. The summed E-state index contributed by atoms with van der Waals surface area (Å²) in [4.78, 5) is 0. The predicted octanol–water partition coefficient (Wildman–Crippen LogP) is 3.49. The predicted molar refractivity (Wildman–Crippen MR) is 83.1 cm³/mol. The Kier molecular flexibility index (Phi) is 3.71. The second-order valence-corrected chi connectivity index (χ2v) is 5.29. The van der Waals surface area contributed by atoms with Crippen LogP contribution in [-0.4, -0.2) is 17.9 Å². The maximum Gasteiger partial charge on any atom is 0.163 e. The zero-order valence-electron chi connectivity index (χ0n) is 11.5. The van der Waals surface area contributed by atoms with Crippen molar-refractivity contribution in [3.05, 3.63) is 58.6 Å². The van der Waals surface area contributed by atoms with E-state index >= 15 is 0 Å². The van der Waals surface area contributed by atoms with Gasteiger partial charge >= 0.3 is 0 Å². The van der Waals surface area contributed by atoms with E-state index in [0.717, 1.165) is 16.8 Å². The summed E-state index contributed by atoms with van der Waals surface area (Å²) in [6.45, 7) is 0. The van der Waals surface area contributed by atoms with Gasteiger partial charge in [-0.2, -0.15) is 5.10 Å². The van der Waals surface area contributed by atoms with Crippen LogP contribution in [0.15, 0.2) is 47.6 Å². The molecule has 0 radical (unpaired) electrons. The highest BCUT2D eigenvalue weighted by atomic mass is 35.5. The van der Waals surface area contributed by atoms with E-state index in [1.807, 2.05) is 36.4 Å². The average Bonchev–Trinajstić information content (AvgIpc) is 2.98.